The van der Waals surface area contributed by atoms with E-state index < -0.39 is 0 Å². The maximum Gasteiger partial charge on any atom is 0.237 e. The summed E-state index contributed by atoms with van der Waals surface area (Å²) < 4.78 is 9.67. The van der Waals surface area contributed by atoms with Crippen molar-refractivity contribution in [3.05, 3.63) is 29.2 Å². The van der Waals surface area contributed by atoms with Crippen LogP contribution in [0.4, 0.5) is 0 Å². The predicted molar refractivity (Wildman–Crippen MR) is 44.6 cm³/mol. The normalized spacial score (nSPS) is 10.2. The van der Waals surface area contributed by atoms with E-state index in [-0.39, 0.29) is 10.8 Å². The van der Waals surface area contributed by atoms with Crippen LogP contribution in [-0.4, -0.2) is 11.4 Å². The van der Waals surface area contributed by atoms with Crippen molar-refractivity contribution in [2.75, 3.05) is 0 Å². The highest BCUT2D eigenvalue weighted by Gasteiger charge is 2.16. The van der Waals surface area contributed by atoms with Crippen molar-refractivity contribution in [1.29, 1.82) is 0 Å². The molecule has 0 bridgehead atoms. The van der Waals surface area contributed by atoms with Crippen LogP contribution in [0.3, 0.4) is 0 Å². The number of furan rings is 1. The molecule has 0 atom stereocenters. The standard InChI is InChI=1S/C8H4ClNO3/c9-8-5(4-11)7(10-13-8)6-2-1-3-12-6/h1-4H. The molecule has 2 aromatic rings. The van der Waals surface area contributed by atoms with E-state index in [1.54, 1.807) is 12.1 Å². The molecular weight excluding hydrogens is 194 g/mol. The zero-order valence-electron chi connectivity index (χ0n) is 6.36. The van der Waals surface area contributed by atoms with Crippen molar-refractivity contribution in [3.8, 4) is 11.5 Å². The fourth-order valence-corrected chi connectivity index (χ4v) is 1.14. The van der Waals surface area contributed by atoms with Crippen molar-refractivity contribution in [2.24, 2.45) is 0 Å². The van der Waals surface area contributed by atoms with Crippen molar-refractivity contribution in [3.63, 3.8) is 0 Å². The van der Waals surface area contributed by atoms with E-state index in [9.17, 15) is 4.79 Å². The zero-order valence-corrected chi connectivity index (χ0v) is 7.12. The second kappa shape index (κ2) is 3.06. The molecule has 0 N–H and O–H groups in total. The number of aldehydes is 1. The number of halogens is 1. The van der Waals surface area contributed by atoms with Gasteiger partial charge >= 0.3 is 0 Å². The molecule has 2 rings (SSSR count). The van der Waals surface area contributed by atoms with Gasteiger partial charge in [-0.3, -0.25) is 4.79 Å². The van der Waals surface area contributed by atoms with Gasteiger partial charge < -0.3 is 8.94 Å². The molecule has 0 aliphatic rings. The molecule has 4 nitrogen and oxygen atoms in total. The molecule has 2 aromatic heterocycles. The Bertz CT molecular complexity index is 419. The summed E-state index contributed by atoms with van der Waals surface area (Å²) >= 11 is 5.56. The Labute approximate surface area is 78.1 Å². The second-order valence-corrected chi connectivity index (χ2v) is 2.66. The SMILES string of the molecule is O=Cc1c(-c2ccco2)noc1Cl. The highest BCUT2D eigenvalue weighted by Crippen LogP contribution is 2.26. The molecule has 0 aromatic carbocycles. The molecule has 0 saturated carbocycles. The third-order valence-electron chi connectivity index (χ3n) is 1.56. The highest BCUT2D eigenvalue weighted by molar-refractivity contribution is 6.31. The van der Waals surface area contributed by atoms with Gasteiger partial charge in [-0.2, -0.15) is 0 Å². The molecule has 0 radical (unpaired) electrons. The monoisotopic (exact) mass is 197 g/mol. The molecule has 0 unspecified atom stereocenters. The summed E-state index contributed by atoms with van der Waals surface area (Å²) in [5.41, 5.74) is 0.529. The first kappa shape index (κ1) is 8.07. The summed E-state index contributed by atoms with van der Waals surface area (Å²) in [5.74, 6) is 0.456. The van der Waals surface area contributed by atoms with E-state index in [2.05, 4.69) is 9.68 Å². The van der Waals surface area contributed by atoms with Crippen LogP contribution >= 0.6 is 11.6 Å². The zero-order chi connectivity index (χ0) is 9.26. The van der Waals surface area contributed by atoms with Crippen LogP contribution < -0.4 is 0 Å². The van der Waals surface area contributed by atoms with E-state index in [0.29, 0.717) is 17.7 Å². The topological polar surface area (TPSA) is 56.2 Å². The third kappa shape index (κ3) is 1.25. The maximum atomic E-state index is 10.6. The summed E-state index contributed by atoms with van der Waals surface area (Å²) in [6.07, 6.45) is 2.06. The quantitative estimate of drug-likeness (QED) is 0.694. The van der Waals surface area contributed by atoms with Gasteiger partial charge in [-0.15, -0.1) is 0 Å². The Hall–Kier alpha value is -1.55. The number of rotatable bonds is 2. The lowest BCUT2D eigenvalue weighted by atomic mass is 10.2. The molecule has 0 fully saturated rings. The van der Waals surface area contributed by atoms with Crippen molar-refractivity contribution in [2.45, 2.75) is 0 Å². The van der Waals surface area contributed by atoms with Crippen molar-refractivity contribution >= 4 is 17.9 Å². The molecule has 13 heavy (non-hydrogen) atoms. The van der Waals surface area contributed by atoms with Gasteiger partial charge in [0.1, 0.15) is 5.56 Å². The van der Waals surface area contributed by atoms with Crippen LogP contribution in [0.15, 0.2) is 27.3 Å². The third-order valence-corrected chi connectivity index (χ3v) is 1.83. The van der Waals surface area contributed by atoms with E-state index in [4.69, 9.17) is 16.0 Å². The maximum absolute atomic E-state index is 10.6. The average molecular weight is 198 g/mol. The summed E-state index contributed by atoms with van der Waals surface area (Å²) in [7, 11) is 0. The Balaban J connectivity index is 2.58. The summed E-state index contributed by atoms with van der Waals surface area (Å²) in [6, 6.07) is 3.35. The van der Waals surface area contributed by atoms with Crippen LogP contribution in [0, 0.1) is 0 Å². The Morgan fingerprint density at radius 3 is 3.00 bits per heavy atom. The van der Waals surface area contributed by atoms with Crippen LogP contribution in [0.1, 0.15) is 10.4 Å². The van der Waals surface area contributed by atoms with Gasteiger partial charge in [0.05, 0.1) is 6.26 Å². The molecular formula is C8H4ClNO3. The number of carbonyl (C=O) groups is 1. The molecule has 66 valence electrons. The molecule has 0 aliphatic carbocycles. The van der Waals surface area contributed by atoms with Gasteiger partial charge in [0, 0.05) is 0 Å². The lowest BCUT2D eigenvalue weighted by Crippen LogP contribution is -1.81. The average Bonchev–Trinajstić information content (AvgIpc) is 2.71. The largest absolute Gasteiger partial charge is 0.463 e. The fourth-order valence-electron chi connectivity index (χ4n) is 0.970. The molecule has 0 spiro atoms. The van der Waals surface area contributed by atoms with E-state index in [0.717, 1.165) is 0 Å². The van der Waals surface area contributed by atoms with Gasteiger partial charge in [0.25, 0.3) is 0 Å². The van der Waals surface area contributed by atoms with Gasteiger partial charge in [0.2, 0.25) is 5.22 Å². The minimum atomic E-state index is -0.0265. The lowest BCUT2D eigenvalue weighted by Gasteiger charge is -1.87. The van der Waals surface area contributed by atoms with Crippen LogP contribution in [0.5, 0.6) is 0 Å². The minimum Gasteiger partial charge on any atom is -0.463 e. The van der Waals surface area contributed by atoms with Gasteiger partial charge in [0.15, 0.2) is 17.7 Å². The molecule has 0 saturated heterocycles. The Kier molecular flexibility index (Phi) is 1.90. The summed E-state index contributed by atoms with van der Waals surface area (Å²) in [5, 5.41) is 3.57. The first-order valence-electron chi connectivity index (χ1n) is 3.47. The lowest BCUT2D eigenvalue weighted by molar-refractivity contribution is 0.112. The number of nitrogens with zero attached hydrogens (tertiary/aromatic N) is 1. The molecule has 0 amide bonds. The minimum absolute atomic E-state index is 0.0265. The fraction of sp³-hybridized carbons (Fsp3) is 0. The number of hydrogen-bond donors (Lipinski definition) is 0. The Morgan fingerprint density at radius 2 is 2.38 bits per heavy atom. The number of carbonyl (C=O) groups excluding carboxylic acids is 1. The van der Waals surface area contributed by atoms with E-state index >= 15 is 0 Å². The van der Waals surface area contributed by atoms with Gasteiger partial charge in [-0.1, -0.05) is 5.16 Å². The second-order valence-electron chi connectivity index (χ2n) is 2.31. The predicted octanol–water partition coefficient (Wildman–Crippen LogP) is 2.40. The van der Waals surface area contributed by atoms with Gasteiger partial charge in [-0.25, -0.2) is 0 Å². The van der Waals surface area contributed by atoms with E-state index in [1.807, 2.05) is 0 Å². The first-order chi connectivity index (χ1) is 6.33. The van der Waals surface area contributed by atoms with Crippen LogP contribution in [-0.2, 0) is 0 Å². The van der Waals surface area contributed by atoms with Crippen molar-refractivity contribution < 1.29 is 13.7 Å². The van der Waals surface area contributed by atoms with Crippen molar-refractivity contribution in [1.82, 2.24) is 5.16 Å². The summed E-state index contributed by atoms with van der Waals surface area (Å²) in [6.45, 7) is 0. The van der Waals surface area contributed by atoms with Gasteiger partial charge in [-0.05, 0) is 23.7 Å². The highest BCUT2D eigenvalue weighted by atomic mass is 35.5. The smallest absolute Gasteiger partial charge is 0.237 e. The molecule has 0 aliphatic heterocycles. The number of hydrogen-bond acceptors (Lipinski definition) is 4. The Morgan fingerprint density at radius 1 is 1.54 bits per heavy atom. The van der Waals surface area contributed by atoms with Crippen LogP contribution in [0.25, 0.3) is 11.5 Å². The first-order valence-corrected chi connectivity index (χ1v) is 3.85. The molecule has 5 heteroatoms. The molecule has 2 heterocycles. The summed E-state index contributed by atoms with van der Waals surface area (Å²) in [4.78, 5) is 10.6. The van der Waals surface area contributed by atoms with Crippen LogP contribution in [0.2, 0.25) is 5.22 Å². The van der Waals surface area contributed by atoms with E-state index in [1.165, 1.54) is 6.26 Å². The number of aromatic nitrogens is 1.